The standard InChI is InChI=1S/C17H18FN5OS2/c1-2-14-19-17(26-22-14)25-16-21-20-15(11-5-7-12(18)8-6-11)23(16)10-13-4-3-9-24-13/h5-8,13H,2-4,9-10H2,1H3. The Morgan fingerprint density at radius 2 is 2.15 bits per heavy atom. The molecule has 1 atom stereocenters. The first-order valence-corrected chi connectivity index (χ1v) is 10.1. The van der Waals surface area contributed by atoms with Crippen LogP contribution in [-0.2, 0) is 17.7 Å². The molecule has 0 radical (unpaired) electrons. The molecule has 1 aliphatic rings. The van der Waals surface area contributed by atoms with E-state index in [-0.39, 0.29) is 11.9 Å². The predicted molar refractivity (Wildman–Crippen MR) is 97.8 cm³/mol. The highest BCUT2D eigenvalue weighted by molar-refractivity contribution is 8.00. The van der Waals surface area contributed by atoms with Gasteiger partial charge in [-0.05, 0) is 60.4 Å². The minimum absolute atomic E-state index is 0.144. The van der Waals surface area contributed by atoms with Gasteiger partial charge in [0.1, 0.15) is 11.6 Å². The van der Waals surface area contributed by atoms with Gasteiger partial charge >= 0.3 is 0 Å². The molecule has 26 heavy (non-hydrogen) atoms. The normalized spacial score (nSPS) is 17.1. The summed E-state index contributed by atoms with van der Waals surface area (Å²) in [6.07, 6.45) is 3.03. The highest BCUT2D eigenvalue weighted by atomic mass is 32.2. The van der Waals surface area contributed by atoms with Crippen LogP contribution < -0.4 is 0 Å². The highest BCUT2D eigenvalue weighted by Crippen LogP contribution is 2.32. The quantitative estimate of drug-likeness (QED) is 0.636. The van der Waals surface area contributed by atoms with Crippen molar-refractivity contribution < 1.29 is 9.13 Å². The summed E-state index contributed by atoms with van der Waals surface area (Å²) in [6, 6.07) is 6.32. The highest BCUT2D eigenvalue weighted by Gasteiger charge is 2.22. The Balaban J connectivity index is 1.66. The van der Waals surface area contributed by atoms with Gasteiger partial charge in [0.25, 0.3) is 0 Å². The van der Waals surface area contributed by atoms with Crippen molar-refractivity contribution >= 4 is 23.3 Å². The van der Waals surface area contributed by atoms with Crippen molar-refractivity contribution in [1.29, 1.82) is 0 Å². The maximum atomic E-state index is 13.3. The molecular formula is C17H18FN5OS2. The van der Waals surface area contributed by atoms with Crippen LogP contribution in [-0.4, -0.2) is 36.8 Å². The minimum atomic E-state index is -0.269. The maximum Gasteiger partial charge on any atom is 0.198 e. The number of benzene rings is 1. The van der Waals surface area contributed by atoms with Gasteiger partial charge in [0.2, 0.25) is 0 Å². The number of ether oxygens (including phenoxy) is 1. The second-order valence-corrected chi connectivity index (χ2v) is 7.96. The lowest BCUT2D eigenvalue weighted by Gasteiger charge is -2.14. The van der Waals surface area contributed by atoms with Crippen molar-refractivity contribution in [1.82, 2.24) is 24.1 Å². The molecule has 1 aliphatic heterocycles. The van der Waals surface area contributed by atoms with Crippen LogP contribution in [0.5, 0.6) is 0 Å². The Hall–Kier alpha value is -1.84. The van der Waals surface area contributed by atoms with Crippen LogP contribution in [0.2, 0.25) is 0 Å². The van der Waals surface area contributed by atoms with Gasteiger partial charge < -0.3 is 4.74 Å². The third-order valence-electron chi connectivity index (χ3n) is 4.17. The van der Waals surface area contributed by atoms with Crippen LogP contribution in [0, 0.1) is 5.82 Å². The molecule has 136 valence electrons. The van der Waals surface area contributed by atoms with Gasteiger partial charge in [0.15, 0.2) is 15.3 Å². The first kappa shape index (κ1) is 17.6. The third kappa shape index (κ3) is 3.79. The molecule has 0 saturated carbocycles. The molecule has 6 nitrogen and oxygen atoms in total. The smallest absolute Gasteiger partial charge is 0.198 e. The average molecular weight is 391 g/mol. The van der Waals surface area contributed by atoms with E-state index in [1.807, 2.05) is 11.5 Å². The number of hydrogen-bond acceptors (Lipinski definition) is 7. The Bertz CT molecular complexity index is 874. The van der Waals surface area contributed by atoms with E-state index in [1.165, 1.54) is 35.4 Å². The van der Waals surface area contributed by atoms with Gasteiger partial charge in [-0.1, -0.05) is 6.92 Å². The average Bonchev–Trinajstić information content (AvgIpc) is 3.39. The molecule has 3 heterocycles. The SMILES string of the molecule is CCc1nsc(Sc2nnc(-c3ccc(F)cc3)n2CC2CCCO2)n1. The number of nitrogens with zero attached hydrogens (tertiary/aromatic N) is 5. The molecule has 1 saturated heterocycles. The Kier molecular flexibility index (Phi) is 5.28. The van der Waals surface area contributed by atoms with Gasteiger partial charge in [-0.25, -0.2) is 9.37 Å². The molecule has 0 aliphatic carbocycles. The molecule has 9 heteroatoms. The summed E-state index contributed by atoms with van der Waals surface area (Å²) in [5, 5.41) is 9.45. The molecule has 0 spiro atoms. The monoisotopic (exact) mass is 391 g/mol. The van der Waals surface area contributed by atoms with Crippen LogP contribution >= 0.6 is 23.3 Å². The first-order chi connectivity index (χ1) is 12.7. The van der Waals surface area contributed by atoms with Gasteiger partial charge in [-0.15, -0.1) is 10.2 Å². The van der Waals surface area contributed by atoms with Crippen LogP contribution in [0.25, 0.3) is 11.4 Å². The van der Waals surface area contributed by atoms with E-state index in [9.17, 15) is 4.39 Å². The number of halogens is 1. The third-order valence-corrected chi connectivity index (χ3v) is 5.95. The van der Waals surface area contributed by atoms with E-state index in [0.717, 1.165) is 46.8 Å². The molecule has 1 unspecified atom stereocenters. The number of aromatic nitrogens is 5. The lowest BCUT2D eigenvalue weighted by atomic mass is 10.2. The number of rotatable bonds is 6. The number of hydrogen-bond donors (Lipinski definition) is 0. The van der Waals surface area contributed by atoms with E-state index in [4.69, 9.17) is 4.74 Å². The van der Waals surface area contributed by atoms with Crippen molar-refractivity contribution in [2.24, 2.45) is 0 Å². The van der Waals surface area contributed by atoms with E-state index in [0.29, 0.717) is 12.4 Å². The molecule has 0 N–H and O–H groups in total. The van der Waals surface area contributed by atoms with Crippen LogP contribution in [0.4, 0.5) is 4.39 Å². The zero-order valence-electron chi connectivity index (χ0n) is 14.3. The zero-order valence-corrected chi connectivity index (χ0v) is 15.9. The molecule has 3 aromatic rings. The molecule has 1 fully saturated rings. The second kappa shape index (κ2) is 7.81. The fourth-order valence-corrected chi connectivity index (χ4v) is 4.48. The molecule has 1 aromatic carbocycles. The molecule has 0 bridgehead atoms. The van der Waals surface area contributed by atoms with Crippen molar-refractivity contribution in [3.05, 3.63) is 35.9 Å². The number of aryl methyl sites for hydroxylation is 1. The molecule has 2 aromatic heterocycles. The van der Waals surface area contributed by atoms with E-state index in [2.05, 4.69) is 19.6 Å². The summed E-state index contributed by atoms with van der Waals surface area (Å²) in [7, 11) is 0. The fourth-order valence-electron chi connectivity index (χ4n) is 2.83. The predicted octanol–water partition coefficient (Wildman–Crippen LogP) is 3.83. The van der Waals surface area contributed by atoms with Gasteiger partial charge in [0.05, 0.1) is 12.6 Å². The van der Waals surface area contributed by atoms with Crippen LogP contribution in [0.3, 0.4) is 0 Å². The van der Waals surface area contributed by atoms with Gasteiger partial charge in [-0.3, -0.25) is 4.57 Å². The van der Waals surface area contributed by atoms with Crippen molar-refractivity contribution in [2.45, 2.75) is 48.3 Å². The Morgan fingerprint density at radius 3 is 2.85 bits per heavy atom. The maximum absolute atomic E-state index is 13.3. The van der Waals surface area contributed by atoms with E-state index in [1.54, 1.807) is 12.1 Å². The summed E-state index contributed by atoms with van der Waals surface area (Å²) in [5.41, 5.74) is 0.829. The van der Waals surface area contributed by atoms with Crippen molar-refractivity contribution in [3.63, 3.8) is 0 Å². The van der Waals surface area contributed by atoms with Gasteiger partial charge in [0, 0.05) is 18.6 Å². The Labute approximate surface area is 159 Å². The summed E-state index contributed by atoms with van der Waals surface area (Å²) < 4.78 is 26.3. The van der Waals surface area contributed by atoms with Crippen LogP contribution in [0.1, 0.15) is 25.6 Å². The fraction of sp³-hybridized carbons (Fsp3) is 0.412. The van der Waals surface area contributed by atoms with E-state index >= 15 is 0 Å². The van der Waals surface area contributed by atoms with Crippen LogP contribution in [0.15, 0.2) is 33.8 Å². The summed E-state index contributed by atoms with van der Waals surface area (Å²) in [6.45, 7) is 3.49. The van der Waals surface area contributed by atoms with Crippen molar-refractivity contribution in [2.75, 3.05) is 6.61 Å². The molecule has 4 rings (SSSR count). The molecule has 0 amide bonds. The zero-order chi connectivity index (χ0) is 17.9. The lowest BCUT2D eigenvalue weighted by molar-refractivity contribution is 0.0953. The van der Waals surface area contributed by atoms with Crippen molar-refractivity contribution in [3.8, 4) is 11.4 Å². The summed E-state index contributed by atoms with van der Waals surface area (Å²) in [4.78, 5) is 4.50. The topological polar surface area (TPSA) is 65.7 Å². The summed E-state index contributed by atoms with van der Waals surface area (Å²) >= 11 is 2.82. The summed E-state index contributed by atoms with van der Waals surface area (Å²) in [5.74, 6) is 1.28. The lowest BCUT2D eigenvalue weighted by Crippen LogP contribution is -2.16. The first-order valence-electron chi connectivity index (χ1n) is 8.54. The molecular weight excluding hydrogens is 373 g/mol. The van der Waals surface area contributed by atoms with Gasteiger partial charge in [-0.2, -0.15) is 4.37 Å². The Morgan fingerprint density at radius 1 is 1.31 bits per heavy atom. The second-order valence-electron chi connectivity index (χ2n) is 5.99. The minimum Gasteiger partial charge on any atom is -0.376 e. The van der Waals surface area contributed by atoms with E-state index < -0.39 is 0 Å². The largest absolute Gasteiger partial charge is 0.376 e.